The van der Waals surface area contributed by atoms with Gasteiger partial charge in [0.05, 0.1) is 5.56 Å². The van der Waals surface area contributed by atoms with Crippen molar-refractivity contribution in [3.05, 3.63) is 29.8 Å². The summed E-state index contributed by atoms with van der Waals surface area (Å²) in [6, 6.07) is 5.07. The molecule has 0 aliphatic heterocycles. The summed E-state index contributed by atoms with van der Waals surface area (Å²) in [6.45, 7) is 0.918. The van der Waals surface area contributed by atoms with Gasteiger partial charge in [-0.2, -0.15) is 13.2 Å². The molecular weight excluding hydrogens is 339 g/mol. The zero-order valence-electron chi connectivity index (χ0n) is 14.3. The van der Waals surface area contributed by atoms with Crippen LogP contribution in [0.3, 0.4) is 0 Å². The van der Waals surface area contributed by atoms with Crippen LogP contribution in [-0.4, -0.2) is 31.6 Å². The highest BCUT2D eigenvalue weighted by atomic mass is 35.5. The van der Waals surface area contributed by atoms with Crippen LogP contribution in [0.15, 0.2) is 24.3 Å². The number of nitrogens with zero attached hydrogens (tertiary/aromatic N) is 1. The number of rotatable bonds is 6. The van der Waals surface area contributed by atoms with Crippen LogP contribution in [0.4, 0.5) is 13.2 Å². The van der Waals surface area contributed by atoms with Crippen molar-refractivity contribution < 1.29 is 17.9 Å². The Labute approximate surface area is 148 Å². The lowest BCUT2D eigenvalue weighted by atomic mass is 9.84. The SMILES string of the molecule is CN(C)CCC(Oc1ccc(C(F)(F)F)cc1)C1CCCCC1.Cl. The van der Waals surface area contributed by atoms with E-state index in [1.54, 1.807) is 0 Å². The summed E-state index contributed by atoms with van der Waals surface area (Å²) in [7, 11) is 4.05. The monoisotopic (exact) mass is 365 g/mol. The average molecular weight is 366 g/mol. The molecule has 0 N–H and O–H groups in total. The van der Waals surface area contributed by atoms with Crippen molar-refractivity contribution >= 4 is 12.4 Å². The van der Waals surface area contributed by atoms with Crippen LogP contribution in [0.5, 0.6) is 5.75 Å². The molecule has 0 spiro atoms. The first-order chi connectivity index (χ1) is 10.9. The predicted octanol–water partition coefficient (Wildman–Crippen LogP) is 5.41. The maximum atomic E-state index is 12.6. The Morgan fingerprint density at radius 2 is 1.67 bits per heavy atom. The summed E-state index contributed by atoms with van der Waals surface area (Å²) in [6.07, 6.45) is 2.70. The molecule has 1 fully saturated rings. The van der Waals surface area contributed by atoms with Crippen LogP contribution in [0.1, 0.15) is 44.1 Å². The molecule has 2 nitrogen and oxygen atoms in total. The van der Waals surface area contributed by atoms with Gasteiger partial charge in [-0.1, -0.05) is 19.3 Å². The maximum Gasteiger partial charge on any atom is 0.416 e. The number of hydrogen-bond acceptors (Lipinski definition) is 2. The Morgan fingerprint density at radius 3 is 2.17 bits per heavy atom. The van der Waals surface area contributed by atoms with E-state index in [2.05, 4.69) is 4.90 Å². The van der Waals surface area contributed by atoms with Gasteiger partial charge in [-0.15, -0.1) is 12.4 Å². The summed E-state index contributed by atoms with van der Waals surface area (Å²) in [5, 5.41) is 0. The molecule has 1 saturated carbocycles. The minimum Gasteiger partial charge on any atom is -0.490 e. The van der Waals surface area contributed by atoms with Crippen molar-refractivity contribution in [3.63, 3.8) is 0 Å². The lowest BCUT2D eigenvalue weighted by molar-refractivity contribution is -0.137. The molecule has 1 aromatic rings. The first-order valence-electron chi connectivity index (χ1n) is 8.35. The summed E-state index contributed by atoms with van der Waals surface area (Å²) >= 11 is 0. The zero-order valence-corrected chi connectivity index (χ0v) is 15.1. The van der Waals surface area contributed by atoms with Crippen molar-refractivity contribution in [1.29, 1.82) is 0 Å². The van der Waals surface area contributed by atoms with E-state index in [0.29, 0.717) is 11.7 Å². The summed E-state index contributed by atoms with van der Waals surface area (Å²) < 4.78 is 44.0. The topological polar surface area (TPSA) is 12.5 Å². The van der Waals surface area contributed by atoms with Gasteiger partial charge in [0.2, 0.25) is 0 Å². The number of ether oxygens (including phenoxy) is 1. The molecule has 1 aromatic carbocycles. The van der Waals surface area contributed by atoms with E-state index in [-0.39, 0.29) is 18.5 Å². The first kappa shape index (κ1) is 21.1. The van der Waals surface area contributed by atoms with E-state index in [1.165, 1.54) is 31.4 Å². The Kier molecular flexibility index (Phi) is 8.37. The fraction of sp³-hybridized carbons (Fsp3) is 0.667. The Morgan fingerprint density at radius 1 is 1.08 bits per heavy atom. The first-order valence-corrected chi connectivity index (χ1v) is 8.35. The minimum absolute atomic E-state index is 0. The van der Waals surface area contributed by atoms with Crippen LogP contribution in [0.25, 0.3) is 0 Å². The zero-order chi connectivity index (χ0) is 16.9. The highest BCUT2D eigenvalue weighted by Crippen LogP contribution is 2.33. The highest BCUT2D eigenvalue weighted by molar-refractivity contribution is 5.85. The lowest BCUT2D eigenvalue weighted by Crippen LogP contribution is -2.32. The van der Waals surface area contributed by atoms with Gasteiger partial charge in [0.1, 0.15) is 11.9 Å². The smallest absolute Gasteiger partial charge is 0.416 e. The molecule has 138 valence electrons. The fourth-order valence-corrected chi connectivity index (χ4v) is 3.18. The second kappa shape index (κ2) is 9.52. The number of hydrogen-bond donors (Lipinski definition) is 0. The second-order valence-electron chi connectivity index (χ2n) is 6.67. The van der Waals surface area contributed by atoms with Crippen molar-refractivity contribution in [3.8, 4) is 5.75 Å². The lowest BCUT2D eigenvalue weighted by Gasteiger charge is -2.31. The van der Waals surface area contributed by atoms with E-state index in [1.807, 2.05) is 14.1 Å². The molecule has 1 aliphatic rings. The van der Waals surface area contributed by atoms with Gasteiger partial charge in [-0.3, -0.25) is 0 Å². The maximum absolute atomic E-state index is 12.6. The summed E-state index contributed by atoms with van der Waals surface area (Å²) in [5.41, 5.74) is -0.632. The van der Waals surface area contributed by atoms with Gasteiger partial charge in [0.15, 0.2) is 0 Å². The van der Waals surface area contributed by atoms with Gasteiger partial charge in [0.25, 0.3) is 0 Å². The van der Waals surface area contributed by atoms with Crippen LogP contribution < -0.4 is 4.74 Å². The van der Waals surface area contributed by atoms with Crippen LogP contribution in [0, 0.1) is 5.92 Å². The molecule has 1 aliphatic carbocycles. The van der Waals surface area contributed by atoms with Gasteiger partial charge in [-0.25, -0.2) is 0 Å². The molecule has 0 radical (unpaired) electrons. The summed E-state index contributed by atoms with van der Waals surface area (Å²) in [5.74, 6) is 1.04. The number of benzene rings is 1. The third-order valence-corrected chi connectivity index (χ3v) is 4.51. The van der Waals surface area contributed by atoms with Crippen molar-refractivity contribution in [1.82, 2.24) is 4.90 Å². The normalized spacial score (nSPS) is 17.4. The molecule has 6 heteroatoms. The molecule has 0 saturated heterocycles. The third kappa shape index (κ3) is 6.52. The Balaban J connectivity index is 0.00000288. The minimum atomic E-state index is -4.30. The molecule has 1 atom stereocenters. The molecule has 2 rings (SSSR count). The standard InChI is InChI=1S/C18H26F3NO.ClH/c1-22(2)13-12-17(14-6-4-3-5-7-14)23-16-10-8-15(9-11-16)18(19,20)21;/h8-11,14,17H,3-7,12-13H2,1-2H3;1H. The van der Waals surface area contributed by atoms with E-state index < -0.39 is 11.7 Å². The van der Waals surface area contributed by atoms with Crippen LogP contribution in [0.2, 0.25) is 0 Å². The fourth-order valence-electron chi connectivity index (χ4n) is 3.18. The molecule has 0 heterocycles. The molecule has 0 amide bonds. The van der Waals surface area contributed by atoms with E-state index in [0.717, 1.165) is 37.9 Å². The second-order valence-corrected chi connectivity index (χ2v) is 6.67. The third-order valence-electron chi connectivity index (χ3n) is 4.51. The van der Waals surface area contributed by atoms with Gasteiger partial charge in [0, 0.05) is 6.54 Å². The summed E-state index contributed by atoms with van der Waals surface area (Å²) in [4.78, 5) is 2.12. The quantitative estimate of drug-likeness (QED) is 0.668. The number of alkyl halides is 3. The highest BCUT2D eigenvalue weighted by Gasteiger charge is 2.30. The molecular formula is C18H27ClF3NO. The molecule has 24 heavy (non-hydrogen) atoms. The van der Waals surface area contributed by atoms with E-state index >= 15 is 0 Å². The largest absolute Gasteiger partial charge is 0.490 e. The molecule has 0 bridgehead atoms. The molecule has 0 aromatic heterocycles. The Bertz CT molecular complexity index is 470. The number of halogens is 4. The van der Waals surface area contributed by atoms with Gasteiger partial charge >= 0.3 is 6.18 Å². The van der Waals surface area contributed by atoms with Crippen LogP contribution in [-0.2, 0) is 6.18 Å². The predicted molar refractivity (Wildman–Crippen MR) is 92.9 cm³/mol. The van der Waals surface area contributed by atoms with Crippen molar-refractivity contribution in [2.45, 2.75) is 50.8 Å². The van der Waals surface area contributed by atoms with Gasteiger partial charge in [-0.05, 0) is 63.5 Å². The van der Waals surface area contributed by atoms with Crippen LogP contribution >= 0.6 is 12.4 Å². The van der Waals surface area contributed by atoms with E-state index in [4.69, 9.17) is 4.74 Å². The Hall–Kier alpha value is -0.940. The average Bonchev–Trinajstić information content (AvgIpc) is 2.51. The van der Waals surface area contributed by atoms with E-state index in [9.17, 15) is 13.2 Å². The molecule has 1 unspecified atom stereocenters. The van der Waals surface area contributed by atoms with Gasteiger partial charge < -0.3 is 9.64 Å². The van der Waals surface area contributed by atoms with Crippen molar-refractivity contribution in [2.24, 2.45) is 5.92 Å². The van der Waals surface area contributed by atoms with Crippen molar-refractivity contribution in [2.75, 3.05) is 20.6 Å².